The molecule has 0 saturated carbocycles. The highest BCUT2D eigenvalue weighted by molar-refractivity contribution is 5.41. The molecule has 5 atom stereocenters. The quantitative estimate of drug-likeness (QED) is 0.758. The fourth-order valence-corrected chi connectivity index (χ4v) is 4.15. The van der Waals surface area contributed by atoms with E-state index in [4.69, 9.17) is 9.47 Å². The van der Waals surface area contributed by atoms with E-state index in [9.17, 15) is 15.3 Å². The van der Waals surface area contributed by atoms with Gasteiger partial charge in [0.2, 0.25) is 5.79 Å². The molecule has 1 spiro atoms. The molecule has 28 heavy (non-hydrogen) atoms. The van der Waals surface area contributed by atoms with Crippen molar-refractivity contribution in [1.82, 2.24) is 0 Å². The Morgan fingerprint density at radius 2 is 1.68 bits per heavy atom. The molecule has 2 aliphatic rings. The molecule has 0 bridgehead atoms. The normalized spacial score (nSPS) is 32.1. The smallest absolute Gasteiger partial charge is 0.225 e. The van der Waals surface area contributed by atoms with Crippen LogP contribution in [0.3, 0.4) is 0 Å². The molecule has 150 valence electrons. The molecule has 0 aromatic heterocycles. The van der Waals surface area contributed by atoms with Crippen LogP contribution in [0.2, 0.25) is 0 Å². The Morgan fingerprint density at radius 3 is 2.36 bits per heavy atom. The fraction of sp³-hybridized carbons (Fsp3) is 0.478. The minimum absolute atomic E-state index is 0.297. The number of hydrogen-bond donors (Lipinski definition) is 3. The summed E-state index contributed by atoms with van der Waals surface area (Å²) in [5.74, 6) is -0.940. The summed E-state index contributed by atoms with van der Waals surface area (Å²) in [6.07, 6.45) is -3.76. The van der Waals surface area contributed by atoms with Gasteiger partial charge >= 0.3 is 0 Å². The second-order valence-electron chi connectivity index (χ2n) is 8.27. The van der Waals surface area contributed by atoms with Crippen LogP contribution in [0.25, 0.3) is 0 Å². The van der Waals surface area contributed by atoms with Crippen LogP contribution in [0.15, 0.2) is 42.5 Å². The molecule has 0 amide bonds. The van der Waals surface area contributed by atoms with Crippen molar-refractivity contribution in [2.24, 2.45) is 0 Å². The maximum atomic E-state index is 10.7. The predicted octanol–water partition coefficient (Wildman–Crippen LogP) is 2.59. The summed E-state index contributed by atoms with van der Waals surface area (Å²) in [6, 6.07) is 14.6. The van der Waals surface area contributed by atoms with Crippen molar-refractivity contribution in [2.45, 2.75) is 69.9 Å². The molecule has 2 aliphatic heterocycles. The lowest BCUT2D eigenvalue weighted by Gasteiger charge is -2.45. The van der Waals surface area contributed by atoms with Gasteiger partial charge in [-0.1, -0.05) is 50.2 Å². The van der Waals surface area contributed by atoms with Gasteiger partial charge in [0.05, 0.1) is 12.7 Å². The van der Waals surface area contributed by atoms with Crippen LogP contribution in [0, 0.1) is 0 Å². The number of aliphatic hydroxyl groups excluding tert-OH is 3. The summed E-state index contributed by atoms with van der Waals surface area (Å²) in [5.41, 5.74) is 5.24. The van der Waals surface area contributed by atoms with E-state index in [1.807, 2.05) is 12.1 Å². The van der Waals surface area contributed by atoms with Crippen LogP contribution < -0.4 is 0 Å². The zero-order valence-corrected chi connectivity index (χ0v) is 16.5. The number of ether oxygens (including phenoxy) is 2. The Hall–Kier alpha value is -1.76. The highest BCUT2D eigenvalue weighted by atomic mass is 16.7. The number of hydrogen-bond acceptors (Lipinski definition) is 5. The average molecular weight is 384 g/mol. The first kappa shape index (κ1) is 19.6. The van der Waals surface area contributed by atoms with Crippen molar-refractivity contribution in [2.75, 3.05) is 0 Å². The molecule has 2 aromatic rings. The Kier molecular flexibility index (Phi) is 5.06. The Bertz CT molecular complexity index is 847. The minimum atomic E-state index is -1.44. The zero-order chi connectivity index (χ0) is 20.1. The van der Waals surface area contributed by atoms with Crippen molar-refractivity contribution in [3.05, 3.63) is 70.3 Å². The number of aliphatic hydroxyl groups is 3. The topological polar surface area (TPSA) is 79.2 Å². The third-order valence-corrected chi connectivity index (χ3v) is 5.95. The molecule has 0 radical (unpaired) electrons. The van der Waals surface area contributed by atoms with Gasteiger partial charge in [-0.2, -0.15) is 0 Å². The summed E-state index contributed by atoms with van der Waals surface area (Å²) in [5, 5.41) is 31.0. The first-order valence-electron chi connectivity index (χ1n) is 9.89. The maximum Gasteiger partial charge on any atom is 0.225 e. The van der Waals surface area contributed by atoms with Gasteiger partial charge in [-0.3, -0.25) is 0 Å². The lowest BCUT2D eigenvalue weighted by molar-refractivity contribution is -0.362. The van der Waals surface area contributed by atoms with Crippen LogP contribution in [-0.2, 0) is 28.3 Å². The van der Waals surface area contributed by atoms with Gasteiger partial charge in [-0.25, -0.2) is 0 Å². The van der Waals surface area contributed by atoms with Gasteiger partial charge in [-0.05, 0) is 47.6 Å². The average Bonchev–Trinajstić information content (AvgIpc) is 3.04. The van der Waals surface area contributed by atoms with Crippen molar-refractivity contribution >= 4 is 0 Å². The molecule has 1 fully saturated rings. The van der Waals surface area contributed by atoms with E-state index >= 15 is 0 Å². The molecular weight excluding hydrogens is 356 g/mol. The predicted molar refractivity (Wildman–Crippen MR) is 105 cm³/mol. The second-order valence-corrected chi connectivity index (χ2v) is 8.27. The first-order chi connectivity index (χ1) is 13.3. The van der Waals surface area contributed by atoms with Gasteiger partial charge in [0.25, 0.3) is 0 Å². The number of fused-ring (bicyclic) bond motifs is 2. The Morgan fingerprint density at radius 1 is 1.00 bits per heavy atom. The highest BCUT2D eigenvalue weighted by Crippen LogP contribution is 2.46. The largest absolute Gasteiger partial charge is 0.388 e. The molecule has 0 aliphatic carbocycles. The molecule has 5 unspecified atom stereocenters. The van der Waals surface area contributed by atoms with Gasteiger partial charge in [-0.15, -0.1) is 0 Å². The third kappa shape index (κ3) is 3.17. The lowest BCUT2D eigenvalue weighted by atomic mass is 9.86. The fourth-order valence-electron chi connectivity index (χ4n) is 4.15. The summed E-state index contributed by atoms with van der Waals surface area (Å²) < 4.78 is 11.8. The van der Waals surface area contributed by atoms with E-state index in [0.717, 1.165) is 23.1 Å². The molecular formula is C23H28O5. The summed E-state index contributed by atoms with van der Waals surface area (Å²) in [7, 11) is 0. The maximum absolute atomic E-state index is 10.7. The second kappa shape index (κ2) is 7.25. The van der Waals surface area contributed by atoms with Crippen LogP contribution in [-0.4, -0.2) is 39.7 Å². The van der Waals surface area contributed by atoms with Crippen LogP contribution in [0.4, 0.5) is 0 Å². The Balaban J connectivity index is 1.64. The lowest BCUT2D eigenvalue weighted by Crippen LogP contribution is -2.62. The highest BCUT2D eigenvalue weighted by Gasteiger charge is 2.57. The third-order valence-electron chi connectivity index (χ3n) is 5.95. The van der Waals surface area contributed by atoms with E-state index in [1.165, 1.54) is 11.1 Å². The first-order valence-corrected chi connectivity index (χ1v) is 9.89. The van der Waals surface area contributed by atoms with Gasteiger partial charge in [0.15, 0.2) is 0 Å². The standard InChI is InChI=1S/C23H28O5/c1-13(2)17-7-4-15(5-8-17)10-16-6-9-18-12-27-23(19(18)11-16)22(26)21(25)20(24)14(3)28-23/h4-9,11,13-14,20-22,24-26H,10,12H2,1-3H3. The molecule has 3 N–H and O–H groups in total. The van der Waals surface area contributed by atoms with E-state index in [-0.39, 0.29) is 0 Å². The number of rotatable bonds is 3. The SMILES string of the molecule is CC(C)c1ccc(Cc2ccc3c(c2)C2(OC3)OC(C)C(O)C(O)C2O)cc1. The molecule has 1 saturated heterocycles. The summed E-state index contributed by atoms with van der Waals surface area (Å²) in [6.45, 7) is 6.32. The molecule has 2 heterocycles. The van der Waals surface area contributed by atoms with Crippen molar-refractivity contribution < 1.29 is 24.8 Å². The monoisotopic (exact) mass is 384 g/mol. The van der Waals surface area contributed by atoms with Crippen LogP contribution in [0.5, 0.6) is 0 Å². The van der Waals surface area contributed by atoms with E-state index in [1.54, 1.807) is 6.92 Å². The van der Waals surface area contributed by atoms with Crippen molar-refractivity contribution in [3.8, 4) is 0 Å². The molecule has 4 rings (SSSR count). The van der Waals surface area contributed by atoms with Crippen LogP contribution >= 0.6 is 0 Å². The Labute approximate surface area is 165 Å². The van der Waals surface area contributed by atoms with Crippen LogP contribution in [0.1, 0.15) is 54.5 Å². The van der Waals surface area contributed by atoms with Gasteiger partial charge in [0, 0.05) is 5.56 Å². The molecule has 5 nitrogen and oxygen atoms in total. The molecule has 2 aromatic carbocycles. The van der Waals surface area contributed by atoms with E-state index in [0.29, 0.717) is 12.5 Å². The van der Waals surface area contributed by atoms with Crippen molar-refractivity contribution in [3.63, 3.8) is 0 Å². The van der Waals surface area contributed by atoms with Gasteiger partial charge in [0.1, 0.15) is 18.3 Å². The molecule has 5 heteroatoms. The number of benzene rings is 2. The van der Waals surface area contributed by atoms with Crippen molar-refractivity contribution in [1.29, 1.82) is 0 Å². The minimum Gasteiger partial charge on any atom is -0.388 e. The van der Waals surface area contributed by atoms with Gasteiger partial charge < -0.3 is 24.8 Å². The van der Waals surface area contributed by atoms with E-state index < -0.39 is 30.2 Å². The summed E-state index contributed by atoms with van der Waals surface area (Å²) >= 11 is 0. The zero-order valence-electron chi connectivity index (χ0n) is 16.5. The summed E-state index contributed by atoms with van der Waals surface area (Å²) in [4.78, 5) is 0. The van der Waals surface area contributed by atoms with E-state index in [2.05, 4.69) is 44.2 Å².